The number of aliphatic hydroxyl groups is 1. The van der Waals surface area contributed by atoms with E-state index in [1.807, 2.05) is 0 Å². The van der Waals surface area contributed by atoms with Crippen LogP contribution in [0.2, 0.25) is 0 Å². The van der Waals surface area contributed by atoms with Crippen molar-refractivity contribution < 1.29 is 80.2 Å². The molecule has 0 spiro atoms. The Bertz CT molecular complexity index is 1850. The number of carbonyl (C=O) groups excluding carboxylic acids is 4. The van der Waals surface area contributed by atoms with Gasteiger partial charge in [0.05, 0.1) is 39.6 Å². The summed E-state index contributed by atoms with van der Waals surface area (Å²) in [5.41, 5.74) is 0. The summed E-state index contributed by atoms with van der Waals surface area (Å²) in [6, 6.07) is 0. The maximum atomic E-state index is 13.1. The number of allylic oxidation sites excluding steroid dienone is 8. The van der Waals surface area contributed by atoms with E-state index in [0.29, 0.717) is 52.1 Å². The number of phosphoric ester groups is 2. The first kappa shape index (κ1) is 91.7. The fourth-order valence-electron chi connectivity index (χ4n) is 10.5. The number of phosphoric acid groups is 2. The molecule has 0 heterocycles. The van der Waals surface area contributed by atoms with Gasteiger partial charge in [-0.2, -0.15) is 0 Å². The molecule has 0 radical (unpaired) electrons. The first-order valence-electron chi connectivity index (χ1n) is 37.7. The van der Waals surface area contributed by atoms with Crippen LogP contribution in [-0.2, 0) is 65.4 Å². The van der Waals surface area contributed by atoms with Gasteiger partial charge in [0.15, 0.2) is 0 Å². The number of rotatable bonds is 80. The molecule has 0 aliphatic rings. The normalized spacial score (nSPS) is 14.4. The van der Waals surface area contributed by atoms with Gasteiger partial charge in [-0.25, -0.2) is 9.13 Å². The van der Waals surface area contributed by atoms with E-state index >= 15 is 0 Å². The second-order valence-electron chi connectivity index (χ2n) is 25.4. The molecule has 0 saturated heterocycles. The fourth-order valence-corrected chi connectivity index (χ4v) is 12.1. The van der Waals surface area contributed by atoms with E-state index in [1.54, 1.807) is 0 Å². The van der Waals surface area contributed by atoms with Crippen LogP contribution in [0.4, 0.5) is 0 Å². The summed E-state index contributed by atoms with van der Waals surface area (Å²) < 4.78 is 71.2. The summed E-state index contributed by atoms with van der Waals surface area (Å²) in [5.74, 6) is 0. The molecule has 94 heavy (non-hydrogen) atoms. The van der Waals surface area contributed by atoms with Crippen molar-refractivity contribution in [1.29, 1.82) is 0 Å². The van der Waals surface area contributed by atoms with Gasteiger partial charge in [-0.15, -0.1) is 0 Å². The Kier molecular flexibility index (Phi) is 73.0. The van der Waals surface area contributed by atoms with Gasteiger partial charge < -0.3 is 53.0 Å². The van der Waals surface area contributed by atoms with Crippen LogP contribution in [0.25, 0.3) is 0 Å². The minimum atomic E-state index is -4.70. The van der Waals surface area contributed by atoms with Crippen LogP contribution in [0.5, 0.6) is 0 Å². The summed E-state index contributed by atoms with van der Waals surface area (Å²) in [4.78, 5) is 63.1. The molecule has 5 atom stereocenters. The Morgan fingerprint density at radius 1 is 0.245 bits per heavy atom. The highest BCUT2D eigenvalue weighted by molar-refractivity contribution is 7.47. The molecule has 0 amide bonds. The smallest absolute Gasteiger partial charge is 0.388 e. The second-order valence-corrected chi connectivity index (χ2v) is 28.3. The van der Waals surface area contributed by atoms with Crippen LogP contribution in [0.15, 0.2) is 48.6 Å². The molecular formula is C75H138O17P2. The lowest BCUT2D eigenvalue weighted by atomic mass is 10.1. The summed E-state index contributed by atoms with van der Waals surface area (Å²) in [7, 11) is -9.41. The van der Waals surface area contributed by atoms with E-state index in [1.165, 1.54) is 57.8 Å². The molecule has 0 aliphatic heterocycles. The van der Waals surface area contributed by atoms with Crippen molar-refractivity contribution in [2.45, 2.75) is 339 Å². The average Bonchev–Trinajstić information content (AvgIpc) is 2.12. The lowest BCUT2D eigenvalue weighted by Gasteiger charge is -2.22. The zero-order valence-corrected chi connectivity index (χ0v) is 60.8. The minimum Gasteiger partial charge on any atom is -0.388 e. The third-order valence-electron chi connectivity index (χ3n) is 16.3. The standard InChI is InChI=1S/C75H138O17P2/c76-59-51-43-35-27-19-11-3-1-2-7-17-25-33-41-49-57-65-87-74(69-85-63-55-47-39-31-23-15-8-4-12-20-28-36-44-52-60-77)71-91-93(81,82)89-67-73(80)68-90-94(83,84)92-72-75(88-66-58-50-42-34-26-18-10-6-14-22-30-38-46-54-62-79)70-86-64-56-48-40-32-24-16-9-5-13-21-29-37-45-53-61-78/h1,3-6,8-10,59-62,73-75,80H,2,7,11-58,63-72H2,(H,81,82)(H,83,84)/b3-1-,8-4-,9-5-,10-6-/t73-,74-,75-/m1/s1. The molecule has 17 nitrogen and oxygen atoms in total. The SMILES string of the molecule is O=CCCCCCC/C=C\CCCCCCCCCO[C@H](COCCCCCCC/C=C\CCCCCCC=O)COP(=O)(O)OC[C@@H](O)COP(=O)(O)OC[C@@H](COCCCCCCC/C=C\CCCCCCC=O)OCCCCCCC/C=C\CCCCCCC=O. The molecule has 0 bridgehead atoms. The van der Waals surface area contributed by atoms with E-state index in [2.05, 4.69) is 48.6 Å². The average molecular weight is 1370 g/mol. The number of unbranched alkanes of at least 4 members (excludes halogenated alkanes) is 42. The van der Waals surface area contributed by atoms with Crippen molar-refractivity contribution >= 4 is 40.8 Å². The number of aldehydes is 4. The molecule has 3 N–H and O–H groups in total. The van der Waals surface area contributed by atoms with Crippen LogP contribution >= 0.6 is 15.6 Å². The fraction of sp³-hybridized carbons (Fsp3) is 0.840. The van der Waals surface area contributed by atoms with Crippen molar-refractivity contribution in [2.24, 2.45) is 0 Å². The molecule has 0 aromatic rings. The molecule has 0 aliphatic carbocycles. The number of hydrogen-bond acceptors (Lipinski definition) is 15. The lowest BCUT2D eigenvalue weighted by molar-refractivity contribution is -0.108. The summed E-state index contributed by atoms with van der Waals surface area (Å²) >= 11 is 0. The molecule has 2 unspecified atom stereocenters. The van der Waals surface area contributed by atoms with Crippen molar-refractivity contribution in [2.75, 3.05) is 66.1 Å². The number of hydrogen-bond donors (Lipinski definition) is 3. The van der Waals surface area contributed by atoms with Crippen LogP contribution in [-0.4, -0.2) is 124 Å². The summed E-state index contributed by atoms with van der Waals surface area (Å²) in [5, 5.41) is 10.6. The highest BCUT2D eigenvalue weighted by Crippen LogP contribution is 2.45. The number of aliphatic hydroxyl groups excluding tert-OH is 1. The van der Waals surface area contributed by atoms with Crippen LogP contribution in [0.3, 0.4) is 0 Å². The highest BCUT2D eigenvalue weighted by Gasteiger charge is 2.29. The van der Waals surface area contributed by atoms with Crippen molar-refractivity contribution in [3.05, 3.63) is 48.6 Å². The van der Waals surface area contributed by atoms with Gasteiger partial charge >= 0.3 is 15.6 Å². The van der Waals surface area contributed by atoms with E-state index in [4.69, 9.17) is 37.0 Å². The molecule has 0 aromatic heterocycles. The van der Waals surface area contributed by atoms with E-state index < -0.39 is 47.2 Å². The molecule has 19 heteroatoms. The van der Waals surface area contributed by atoms with Gasteiger partial charge in [-0.05, 0) is 154 Å². The van der Waals surface area contributed by atoms with Crippen LogP contribution in [0.1, 0.15) is 321 Å². The Hall–Kier alpha value is -2.34. The minimum absolute atomic E-state index is 0.160. The van der Waals surface area contributed by atoms with Gasteiger partial charge in [-0.1, -0.05) is 190 Å². The topological polar surface area (TPSA) is 237 Å². The highest BCUT2D eigenvalue weighted by atomic mass is 31.2. The Labute approximate surface area is 572 Å². The molecule has 0 rings (SSSR count). The van der Waals surface area contributed by atoms with Crippen LogP contribution in [0, 0.1) is 0 Å². The monoisotopic (exact) mass is 1370 g/mol. The quantitative estimate of drug-likeness (QED) is 0.0222. The van der Waals surface area contributed by atoms with E-state index in [9.17, 15) is 43.2 Å². The van der Waals surface area contributed by atoms with Crippen molar-refractivity contribution in [3.8, 4) is 0 Å². The Morgan fingerprint density at radius 2 is 0.436 bits per heavy atom. The predicted molar refractivity (Wildman–Crippen MR) is 382 cm³/mol. The van der Waals surface area contributed by atoms with Crippen molar-refractivity contribution in [1.82, 2.24) is 0 Å². The molecule has 550 valence electrons. The Balaban J connectivity index is 5.04. The zero-order chi connectivity index (χ0) is 68.3. The van der Waals surface area contributed by atoms with Gasteiger partial charge in [0.1, 0.15) is 43.5 Å². The first-order chi connectivity index (χ1) is 46.1. The van der Waals surface area contributed by atoms with E-state index in [0.717, 1.165) is 263 Å². The van der Waals surface area contributed by atoms with Crippen molar-refractivity contribution in [3.63, 3.8) is 0 Å². The first-order valence-corrected chi connectivity index (χ1v) is 40.7. The lowest BCUT2D eigenvalue weighted by Crippen LogP contribution is -2.27. The molecule has 0 aromatic carbocycles. The third-order valence-corrected chi connectivity index (χ3v) is 18.2. The van der Waals surface area contributed by atoms with Gasteiger partial charge in [0.2, 0.25) is 0 Å². The maximum Gasteiger partial charge on any atom is 0.472 e. The summed E-state index contributed by atoms with van der Waals surface area (Å²) in [6.07, 6.45) is 71.9. The zero-order valence-electron chi connectivity index (χ0n) is 59.0. The summed E-state index contributed by atoms with van der Waals surface area (Å²) in [6.45, 7) is 0.210. The predicted octanol–water partition coefficient (Wildman–Crippen LogP) is 19.9. The Morgan fingerprint density at radius 3 is 0.670 bits per heavy atom. The largest absolute Gasteiger partial charge is 0.472 e. The maximum absolute atomic E-state index is 13.1. The number of ether oxygens (including phenoxy) is 4. The van der Waals surface area contributed by atoms with E-state index in [-0.39, 0.29) is 26.4 Å². The van der Waals surface area contributed by atoms with Gasteiger partial charge in [0.25, 0.3) is 0 Å². The molecule has 0 saturated carbocycles. The van der Waals surface area contributed by atoms with Gasteiger partial charge in [-0.3, -0.25) is 18.1 Å². The second kappa shape index (κ2) is 74.9. The third kappa shape index (κ3) is 73.9. The molecule has 0 fully saturated rings. The number of carbonyl (C=O) groups is 4. The molecular weight excluding hydrogens is 1230 g/mol. The van der Waals surface area contributed by atoms with Crippen LogP contribution < -0.4 is 0 Å². The van der Waals surface area contributed by atoms with Gasteiger partial charge in [0, 0.05) is 52.1 Å².